The number of hydrogen-bond acceptors (Lipinski definition) is 3. The standard InChI is InChI=1S/C12H9ClF2N2O/c13-8-6-17-11(4-7(8)5-16)18-10-3-1-2-9(14)12(10)15/h1-4,6H,5,16H2. The maximum Gasteiger partial charge on any atom is 0.219 e. The number of nitrogens with zero attached hydrogens (tertiary/aromatic N) is 1. The molecule has 0 amide bonds. The van der Waals surface area contributed by atoms with Gasteiger partial charge in [-0.1, -0.05) is 17.7 Å². The van der Waals surface area contributed by atoms with Crippen molar-refractivity contribution in [3.8, 4) is 11.6 Å². The van der Waals surface area contributed by atoms with E-state index in [4.69, 9.17) is 22.1 Å². The molecule has 1 aromatic carbocycles. The zero-order valence-corrected chi connectivity index (χ0v) is 9.92. The zero-order valence-electron chi connectivity index (χ0n) is 9.16. The molecule has 0 fully saturated rings. The summed E-state index contributed by atoms with van der Waals surface area (Å²) in [6.07, 6.45) is 1.34. The molecule has 2 aromatic rings. The van der Waals surface area contributed by atoms with Gasteiger partial charge in [-0.3, -0.25) is 0 Å². The first-order chi connectivity index (χ1) is 8.61. The number of benzene rings is 1. The van der Waals surface area contributed by atoms with Gasteiger partial charge in [0.25, 0.3) is 0 Å². The Kier molecular flexibility index (Phi) is 3.74. The van der Waals surface area contributed by atoms with E-state index >= 15 is 0 Å². The molecule has 0 saturated heterocycles. The first kappa shape index (κ1) is 12.7. The lowest BCUT2D eigenvalue weighted by molar-refractivity contribution is 0.405. The molecule has 2 N–H and O–H groups in total. The van der Waals surface area contributed by atoms with Gasteiger partial charge in [-0.2, -0.15) is 4.39 Å². The molecular weight excluding hydrogens is 262 g/mol. The molecule has 1 aromatic heterocycles. The minimum absolute atomic E-state index is 0.101. The van der Waals surface area contributed by atoms with E-state index in [0.29, 0.717) is 10.6 Å². The number of aromatic nitrogens is 1. The van der Waals surface area contributed by atoms with Crippen LogP contribution in [0.2, 0.25) is 5.02 Å². The van der Waals surface area contributed by atoms with E-state index in [0.717, 1.165) is 6.07 Å². The van der Waals surface area contributed by atoms with Crippen molar-refractivity contribution < 1.29 is 13.5 Å². The quantitative estimate of drug-likeness (QED) is 0.931. The summed E-state index contributed by atoms with van der Waals surface area (Å²) in [5.74, 6) is -2.19. The Balaban J connectivity index is 2.31. The highest BCUT2D eigenvalue weighted by Crippen LogP contribution is 2.26. The van der Waals surface area contributed by atoms with E-state index < -0.39 is 11.6 Å². The molecule has 0 atom stereocenters. The Morgan fingerprint density at radius 1 is 1.33 bits per heavy atom. The molecule has 0 spiro atoms. The summed E-state index contributed by atoms with van der Waals surface area (Å²) in [5, 5.41) is 0.393. The Hall–Kier alpha value is -1.72. The zero-order chi connectivity index (χ0) is 13.1. The molecule has 0 aliphatic carbocycles. The fraction of sp³-hybridized carbons (Fsp3) is 0.0833. The maximum atomic E-state index is 13.4. The molecule has 3 nitrogen and oxygen atoms in total. The molecule has 0 radical (unpaired) electrons. The predicted octanol–water partition coefficient (Wildman–Crippen LogP) is 3.26. The summed E-state index contributed by atoms with van der Waals surface area (Å²) >= 11 is 5.82. The van der Waals surface area contributed by atoms with Gasteiger partial charge in [-0.15, -0.1) is 0 Å². The van der Waals surface area contributed by atoms with Crippen LogP contribution in [0.4, 0.5) is 8.78 Å². The molecular formula is C12H9ClF2N2O. The van der Waals surface area contributed by atoms with E-state index in [2.05, 4.69) is 4.98 Å². The molecule has 2 rings (SSSR count). The van der Waals surface area contributed by atoms with Crippen LogP contribution >= 0.6 is 11.6 Å². The van der Waals surface area contributed by atoms with Gasteiger partial charge in [-0.05, 0) is 17.7 Å². The SMILES string of the molecule is NCc1cc(Oc2cccc(F)c2F)ncc1Cl. The van der Waals surface area contributed by atoms with Crippen molar-refractivity contribution in [1.82, 2.24) is 4.98 Å². The van der Waals surface area contributed by atoms with E-state index in [1.54, 1.807) is 0 Å². The first-order valence-electron chi connectivity index (χ1n) is 5.08. The highest BCUT2D eigenvalue weighted by molar-refractivity contribution is 6.31. The average molecular weight is 271 g/mol. The van der Waals surface area contributed by atoms with Crippen molar-refractivity contribution in [2.45, 2.75) is 6.54 Å². The molecule has 6 heteroatoms. The second-order valence-corrected chi connectivity index (χ2v) is 3.88. The molecule has 0 saturated carbocycles. The van der Waals surface area contributed by atoms with Crippen molar-refractivity contribution in [2.75, 3.05) is 0 Å². The van der Waals surface area contributed by atoms with Gasteiger partial charge in [-0.25, -0.2) is 9.37 Å². The minimum atomic E-state index is -1.07. The van der Waals surface area contributed by atoms with Gasteiger partial charge in [0.1, 0.15) is 0 Å². The van der Waals surface area contributed by atoms with Crippen molar-refractivity contribution >= 4 is 11.6 Å². The van der Waals surface area contributed by atoms with Gasteiger partial charge in [0.2, 0.25) is 11.7 Å². The molecule has 0 unspecified atom stereocenters. The van der Waals surface area contributed by atoms with Gasteiger partial charge < -0.3 is 10.5 Å². The van der Waals surface area contributed by atoms with Crippen LogP contribution in [0.1, 0.15) is 5.56 Å². The third-order valence-electron chi connectivity index (χ3n) is 2.26. The first-order valence-corrected chi connectivity index (χ1v) is 5.46. The number of ether oxygens (including phenoxy) is 1. The summed E-state index contributed by atoms with van der Waals surface area (Å²) < 4.78 is 31.5. The molecule has 18 heavy (non-hydrogen) atoms. The average Bonchev–Trinajstić information content (AvgIpc) is 2.37. The Bertz CT molecular complexity index is 578. The summed E-state index contributed by atoms with van der Waals surface area (Å²) in [7, 11) is 0. The molecule has 0 bridgehead atoms. The van der Waals surface area contributed by atoms with Crippen LogP contribution in [0.25, 0.3) is 0 Å². The molecule has 0 aliphatic heterocycles. The van der Waals surface area contributed by atoms with E-state index in [-0.39, 0.29) is 18.2 Å². The Morgan fingerprint density at radius 2 is 2.11 bits per heavy atom. The van der Waals surface area contributed by atoms with E-state index in [1.165, 1.54) is 24.4 Å². The smallest absolute Gasteiger partial charge is 0.219 e. The van der Waals surface area contributed by atoms with Gasteiger partial charge in [0.05, 0.1) is 5.02 Å². The summed E-state index contributed by atoms with van der Waals surface area (Å²) in [6.45, 7) is 0.198. The second kappa shape index (κ2) is 5.29. The van der Waals surface area contributed by atoms with Crippen LogP contribution in [-0.4, -0.2) is 4.98 Å². The lowest BCUT2D eigenvalue weighted by Gasteiger charge is -2.08. The number of rotatable bonds is 3. The largest absolute Gasteiger partial charge is 0.436 e. The van der Waals surface area contributed by atoms with Crippen molar-refractivity contribution in [3.05, 3.63) is 52.7 Å². The van der Waals surface area contributed by atoms with E-state index in [9.17, 15) is 8.78 Å². The predicted molar refractivity (Wildman–Crippen MR) is 63.6 cm³/mol. The maximum absolute atomic E-state index is 13.4. The van der Waals surface area contributed by atoms with Crippen LogP contribution in [0, 0.1) is 11.6 Å². The summed E-state index contributed by atoms with van der Waals surface area (Å²) in [4.78, 5) is 3.85. The van der Waals surface area contributed by atoms with Crippen LogP contribution in [0.3, 0.4) is 0 Å². The van der Waals surface area contributed by atoms with Crippen molar-refractivity contribution in [2.24, 2.45) is 5.73 Å². The van der Waals surface area contributed by atoms with Gasteiger partial charge in [0, 0.05) is 18.8 Å². The van der Waals surface area contributed by atoms with Crippen molar-refractivity contribution in [3.63, 3.8) is 0 Å². The van der Waals surface area contributed by atoms with Crippen LogP contribution in [0.15, 0.2) is 30.5 Å². The molecule has 94 valence electrons. The van der Waals surface area contributed by atoms with Crippen LogP contribution in [0.5, 0.6) is 11.6 Å². The number of hydrogen-bond donors (Lipinski definition) is 1. The van der Waals surface area contributed by atoms with Crippen molar-refractivity contribution in [1.29, 1.82) is 0 Å². The fourth-order valence-corrected chi connectivity index (χ4v) is 1.53. The lowest BCUT2D eigenvalue weighted by Crippen LogP contribution is -1.99. The van der Waals surface area contributed by atoms with Crippen LogP contribution < -0.4 is 10.5 Å². The normalized spacial score (nSPS) is 10.4. The third-order valence-corrected chi connectivity index (χ3v) is 2.60. The fourth-order valence-electron chi connectivity index (χ4n) is 1.35. The summed E-state index contributed by atoms with van der Waals surface area (Å²) in [5.41, 5.74) is 6.07. The molecule has 0 aliphatic rings. The number of pyridine rings is 1. The van der Waals surface area contributed by atoms with Crippen LogP contribution in [-0.2, 0) is 6.54 Å². The highest BCUT2D eigenvalue weighted by Gasteiger charge is 2.11. The Labute approximate surface area is 107 Å². The van der Waals surface area contributed by atoms with Gasteiger partial charge >= 0.3 is 0 Å². The lowest BCUT2D eigenvalue weighted by atomic mass is 10.2. The Morgan fingerprint density at radius 3 is 2.83 bits per heavy atom. The second-order valence-electron chi connectivity index (χ2n) is 3.47. The third kappa shape index (κ3) is 2.57. The number of halogens is 3. The summed E-state index contributed by atoms with van der Waals surface area (Å²) in [6, 6.07) is 5.12. The molecule has 1 heterocycles. The number of nitrogens with two attached hydrogens (primary N) is 1. The topological polar surface area (TPSA) is 48.1 Å². The minimum Gasteiger partial charge on any atom is -0.436 e. The monoisotopic (exact) mass is 270 g/mol. The van der Waals surface area contributed by atoms with E-state index in [1.807, 2.05) is 0 Å². The van der Waals surface area contributed by atoms with Gasteiger partial charge in [0.15, 0.2) is 11.6 Å². The highest BCUT2D eigenvalue weighted by atomic mass is 35.5.